The van der Waals surface area contributed by atoms with Crippen molar-refractivity contribution in [2.24, 2.45) is 0 Å². The highest BCUT2D eigenvalue weighted by atomic mass is 16.3. The molecule has 0 aliphatic carbocycles. The third-order valence-corrected chi connectivity index (χ3v) is 6.29. The fraction of sp³-hybridized carbons (Fsp3) is 0.522. The molecule has 2 aromatic rings. The molecule has 2 fully saturated rings. The predicted molar refractivity (Wildman–Crippen MR) is 122 cm³/mol. The second-order valence-corrected chi connectivity index (χ2v) is 8.81. The molecule has 1 aromatic carbocycles. The van der Waals surface area contributed by atoms with Crippen molar-refractivity contribution in [3.05, 3.63) is 48.4 Å². The molecule has 1 atom stereocenters. The quantitative estimate of drug-likeness (QED) is 0.776. The van der Waals surface area contributed by atoms with Crippen molar-refractivity contribution in [1.82, 2.24) is 19.8 Å². The Labute approximate surface area is 184 Å². The molecular formula is C23H32N6O2. The first-order valence-corrected chi connectivity index (χ1v) is 11.0. The average Bonchev–Trinajstić information content (AvgIpc) is 2.79. The van der Waals surface area contributed by atoms with Gasteiger partial charge in [-0.3, -0.25) is 9.78 Å². The van der Waals surface area contributed by atoms with E-state index < -0.39 is 5.60 Å². The number of aromatic nitrogens is 2. The molecular weight excluding hydrogens is 392 g/mol. The lowest BCUT2D eigenvalue weighted by molar-refractivity contribution is -0.000144. The normalized spacial score (nSPS) is 22.4. The third-order valence-electron chi connectivity index (χ3n) is 6.29. The van der Waals surface area contributed by atoms with Gasteiger partial charge < -0.3 is 24.7 Å². The lowest BCUT2D eigenvalue weighted by Gasteiger charge is -2.41. The van der Waals surface area contributed by atoms with E-state index in [0.717, 1.165) is 50.6 Å². The number of carbonyl (C=O) groups excluding carboxylic acids is 1. The summed E-state index contributed by atoms with van der Waals surface area (Å²) in [5.41, 5.74) is 0.823. The number of amides is 1. The molecule has 2 saturated heterocycles. The van der Waals surface area contributed by atoms with Gasteiger partial charge in [-0.2, -0.15) is 0 Å². The van der Waals surface area contributed by atoms with Crippen molar-refractivity contribution in [3.63, 3.8) is 0 Å². The number of hydrogen-bond donors (Lipinski definition) is 1. The van der Waals surface area contributed by atoms with Gasteiger partial charge in [0.25, 0.3) is 5.91 Å². The van der Waals surface area contributed by atoms with Crippen LogP contribution in [0.5, 0.6) is 0 Å². The molecule has 166 valence electrons. The van der Waals surface area contributed by atoms with Gasteiger partial charge in [0.05, 0.1) is 18.3 Å². The summed E-state index contributed by atoms with van der Waals surface area (Å²) < 4.78 is 0. The van der Waals surface area contributed by atoms with Crippen LogP contribution in [0.3, 0.4) is 0 Å². The summed E-state index contributed by atoms with van der Waals surface area (Å²) in [6, 6.07) is 7.83. The van der Waals surface area contributed by atoms with Crippen molar-refractivity contribution in [2.45, 2.75) is 18.4 Å². The van der Waals surface area contributed by atoms with Crippen LogP contribution in [0.2, 0.25) is 0 Å². The minimum absolute atomic E-state index is 0.0741. The zero-order valence-electron chi connectivity index (χ0n) is 18.4. The van der Waals surface area contributed by atoms with Crippen LogP contribution in [0.4, 0.5) is 11.5 Å². The predicted octanol–water partition coefficient (Wildman–Crippen LogP) is 1.33. The lowest BCUT2D eigenvalue weighted by atomic mass is 9.92. The highest BCUT2D eigenvalue weighted by Crippen LogP contribution is 2.26. The van der Waals surface area contributed by atoms with Crippen LogP contribution >= 0.6 is 0 Å². The van der Waals surface area contributed by atoms with E-state index in [9.17, 15) is 9.90 Å². The first-order chi connectivity index (χ1) is 14.9. The molecule has 1 amide bonds. The van der Waals surface area contributed by atoms with Crippen molar-refractivity contribution >= 4 is 17.4 Å². The standard InChI is InChI=1S/C23H32N6O2/c1-26-12-14-28(15-13-26)20-6-4-19(5-7-20)22(30)27(2)17-23(31)8-3-11-29(18-23)21-16-24-9-10-25-21/h4-7,9-10,16,31H,3,8,11-15,17-18H2,1-2H3/t23-/m0/s1. The summed E-state index contributed by atoms with van der Waals surface area (Å²) in [4.78, 5) is 29.8. The fourth-order valence-electron chi connectivity index (χ4n) is 4.50. The van der Waals surface area contributed by atoms with Gasteiger partial charge in [0.1, 0.15) is 5.82 Å². The Hall–Kier alpha value is -2.71. The Morgan fingerprint density at radius 2 is 1.84 bits per heavy atom. The first kappa shape index (κ1) is 21.5. The zero-order chi connectivity index (χ0) is 21.8. The molecule has 3 heterocycles. The highest BCUT2D eigenvalue weighted by Gasteiger charge is 2.36. The van der Waals surface area contributed by atoms with E-state index in [1.165, 1.54) is 0 Å². The zero-order valence-corrected chi connectivity index (χ0v) is 18.4. The number of anilines is 2. The van der Waals surface area contributed by atoms with Crippen LogP contribution in [0.25, 0.3) is 0 Å². The van der Waals surface area contributed by atoms with E-state index in [1.54, 1.807) is 30.5 Å². The number of β-amino-alcohol motifs (C(OH)–C–C–N with tert-alkyl or cyclic N) is 1. The Morgan fingerprint density at radius 1 is 1.10 bits per heavy atom. The highest BCUT2D eigenvalue weighted by molar-refractivity contribution is 5.94. The number of benzene rings is 1. The number of piperidine rings is 1. The molecule has 0 spiro atoms. The van der Waals surface area contributed by atoms with E-state index in [4.69, 9.17) is 0 Å². The smallest absolute Gasteiger partial charge is 0.253 e. The summed E-state index contributed by atoms with van der Waals surface area (Å²) in [7, 11) is 3.90. The van der Waals surface area contributed by atoms with Crippen molar-refractivity contribution in [2.75, 3.05) is 69.7 Å². The Balaban J connectivity index is 1.37. The summed E-state index contributed by atoms with van der Waals surface area (Å²) >= 11 is 0. The van der Waals surface area contributed by atoms with Crippen LogP contribution in [0.15, 0.2) is 42.9 Å². The van der Waals surface area contributed by atoms with Gasteiger partial charge in [-0.15, -0.1) is 0 Å². The van der Waals surface area contributed by atoms with E-state index in [1.807, 2.05) is 29.2 Å². The number of likely N-dealkylation sites (N-methyl/N-ethyl adjacent to an activating group) is 2. The van der Waals surface area contributed by atoms with Crippen LogP contribution < -0.4 is 9.80 Å². The summed E-state index contributed by atoms with van der Waals surface area (Å²) in [6.45, 7) is 5.64. The molecule has 0 bridgehead atoms. The monoisotopic (exact) mass is 424 g/mol. The van der Waals surface area contributed by atoms with Gasteiger partial charge in [0, 0.05) is 70.0 Å². The van der Waals surface area contributed by atoms with E-state index >= 15 is 0 Å². The maximum Gasteiger partial charge on any atom is 0.253 e. The van der Waals surface area contributed by atoms with E-state index in [0.29, 0.717) is 18.5 Å². The minimum Gasteiger partial charge on any atom is -0.386 e. The van der Waals surface area contributed by atoms with Crippen molar-refractivity contribution < 1.29 is 9.90 Å². The summed E-state index contributed by atoms with van der Waals surface area (Å²) in [5, 5.41) is 11.2. The number of rotatable bonds is 5. The van der Waals surface area contributed by atoms with E-state index in [-0.39, 0.29) is 12.5 Å². The number of carbonyl (C=O) groups is 1. The topological polar surface area (TPSA) is 76.0 Å². The molecule has 0 radical (unpaired) electrons. The third kappa shape index (κ3) is 5.14. The maximum atomic E-state index is 13.0. The summed E-state index contributed by atoms with van der Waals surface area (Å²) in [6.07, 6.45) is 6.51. The number of piperazine rings is 1. The van der Waals surface area contributed by atoms with Gasteiger partial charge >= 0.3 is 0 Å². The molecule has 1 N–H and O–H groups in total. The Morgan fingerprint density at radius 3 is 2.52 bits per heavy atom. The number of aliphatic hydroxyl groups is 1. The first-order valence-electron chi connectivity index (χ1n) is 11.0. The summed E-state index contributed by atoms with van der Waals surface area (Å²) in [5.74, 6) is 0.684. The van der Waals surface area contributed by atoms with Gasteiger partial charge in [0.2, 0.25) is 0 Å². The largest absolute Gasteiger partial charge is 0.386 e. The van der Waals surface area contributed by atoms with Gasteiger partial charge in [-0.05, 0) is 44.2 Å². The average molecular weight is 425 g/mol. The number of nitrogens with zero attached hydrogens (tertiary/aromatic N) is 6. The van der Waals surface area contributed by atoms with Gasteiger partial charge in [-0.1, -0.05) is 0 Å². The fourth-order valence-corrected chi connectivity index (χ4v) is 4.50. The molecule has 8 heteroatoms. The molecule has 4 rings (SSSR count). The van der Waals surface area contributed by atoms with Crippen LogP contribution in [0.1, 0.15) is 23.2 Å². The molecule has 0 saturated carbocycles. The van der Waals surface area contributed by atoms with Crippen LogP contribution in [-0.2, 0) is 0 Å². The van der Waals surface area contributed by atoms with Crippen LogP contribution in [-0.4, -0.2) is 96.3 Å². The second kappa shape index (κ2) is 9.20. The van der Waals surface area contributed by atoms with Crippen LogP contribution in [0, 0.1) is 0 Å². The SMILES string of the molecule is CN1CCN(c2ccc(C(=O)N(C)C[C@@]3(O)CCCN(c4cnccn4)C3)cc2)CC1. The minimum atomic E-state index is -0.972. The van der Waals surface area contributed by atoms with Gasteiger partial charge in [-0.25, -0.2) is 4.98 Å². The molecule has 2 aliphatic rings. The molecule has 31 heavy (non-hydrogen) atoms. The maximum absolute atomic E-state index is 13.0. The Bertz CT molecular complexity index is 869. The lowest BCUT2D eigenvalue weighted by Crippen LogP contribution is -2.54. The van der Waals surface area contributed by atoms with Crippen molar-refractivity contribution in [1.29, 1.82) is 0 Å². The molecule has 1 aromatic heterocycles. The Kier molecular flexibility index (Phi) is 6.38. The second-order valence-electron chi connectivity index (χ2n) is 8.81. The molecule has 0 unspecified atom stereocenters. The molecule has 8 nitrogen and oxygen atoms in total. The molecule has 2 aliphatic heterocycles. The van der Waals surface area contributed by atoms with Gasteiger partial charge in [0.15, 0.2) is 0 Å². The number of hydrogen-bond acceptors (Lipinski definition) is 7. The van der Waals surface area contributed by atoms with E-state index in [2.05, 4.69) is 26.8 Å². The van der Waals surface area contributed by atoms with Crippen molar-refractivity contribution in [3.8, 4) is 0 Å².